The van der Waals surface area contributed by atoms with E-state index in [2.05, 4.69) is 20.7 Å². The van der Waals surface area contributed by atoms with E-state index < -0.39 is 16.1 Å². The summed E-state index contributed by atoms with van der Waals surface area (Å²) in [6.07, 6.45) is 0.447. The molecule has 7 heteroatoms. The minimum Gasteiger partial charge on any atom is -0.206 e. The van der Waals surface area contributed by atoms with Crippen molar-refractivity contribution in [3.63, 3.8) is 0 Å². The Kier molecular flexibility index (Phi) is 4.28. The summed E-state index contributed by atoms with van der Waals surface area (Å²) in [5.74, 6) is 0. The number of hydrogen-bond donors (Lipinski definition) is 1. The third-order valence-corrected chi connectivity index (χ3v) is 5.26. The molecule has 4 nitrogen and oxygen atoms in total. The fourth-order valence-electron chi connectivity index (χ4n) is 0.888. The van der Waals surface area contributed by atoms with Crippen molar-refractivity contribution >= 4 is 37.3 Å². The van der Waals surface area contributed by atoms with Gasteiger partial charge in [0.15, 0.2) is 0 Å². The van der Waals surface area contributed by atoms with Gasteiger partial charge in [-0.15, -0.1) is 11.3 Å². The van der Waals surface area contributed by atoms with Crippen LogP contribution in [0.25, 0.3) is 0 Å². The van der Waals surface area contributed by atoms with Crippen molar-refractivity contribution in [1.82, 2.24) is 4.72 Å². The van der Waals surface area contributed by atoms with Crippen LogP contribution in [0.4, 0.5) is 0 Å². The Morgan fingerprint density at radius 3 is 2.73 bits per heavy atom. The molecule has 0 fully saturated rings. The summed E-state index contributed by atoms with van der Waals surface area (Å²) < 4.78 is 26.7. The molecule has 0 aliphatic rings. The summed E-state index contributed by atoms with van der Waals surface area (Å²) in [6, 6.07) is 4.38. The highest BCUT2D eigenvalue weighted by Gasteiger charge is 2.20. The summed E-state index contributed by atoms with van der Waals surface area (Å²) in [5, 5.41) is 8.66. The number of rotatable bonds is 4. The number of nitriles is 1. The van der Waals surface area contributed by atoms with Crippen LogP contribution in [0.15, 0.2) is 20.1 Å². The molecule has 0 spiro atoms. The van der Waals surface area contributed by atoms with Gasteiger partial charge >= 0.3 is 0 Å². The molecular weight excluding hydrogens is 300 g/mol. The van der Waals surface area contributed by atoms with Gasteiger partial charge in [0.1, 0.15) is 10.3 Å². The second-order valence-electron chi connectivity index (χ2n) is 2.77. The lowest BCUT2D eigenvalue weighted by atomic mass is 10.3. The highest BCUT2D eigenvalue weighted by atomic mass is 79.9. The van der Waals surface area contributed by atoms with Crippen LogP contribution >= 0.6 is 27.3 Å². The molecule has 82 valence electrons. The van der Waals surface area contributed by atoms with Crippen LogP contribution in [0.5, 0.6) is 0 Å². The van der Waals surface area contributed by atoms with Gasteiger partial charge < -0.3 is 0 Å². The van der Waals surface area contributed by atoms with Crippen LogP contribution in [-0.4, -0.2) is 14.5 Å². The molecule has 0 amide bonds. The van der Waals surface area contributed by atoms with Crippen molar-refractivity contribution in [3.8, 4) is 6.07 Å². The molecular formula is C8H9BrN2O2S2. The lowest BCUT2D eigenvalue weighted by molar-refractivity contribution is 0.571. The summed E-state index contributed by atoms with van der Waals surface area (Å²) in [4.78, 5) is 0. The molecule has 1 atom stereocenters. The van der Waals surface area contributed by atoms with Gasteiger partial charge in [0.2, 0.25) is 0 Å². The lowest BCUT2D eigenvalue weighted by Crippen LogP contribution is -2.32. The van der Waals surface area contributed by atoms with E-state index in [4.69, 9.17) is 5.26 Å². The maximum atomic E-state index is 11.7. The third-order valence-electron chi connectivity index (χ3n) is 1.67. The van der Waals surface area contributed by atoms with Crippen molar-refractivity contribution in [2.24, 2.45) is 0 Å². The molecule has 15 heavy (non-hydrogen) atoms. The average Bonchev–Trinajstić information content (AvgIpc) is 2.62. The van der Waals surface area contributed by atoms with E-state index in [9.17, 15) is 8.42 Å². The highest BCUT2D eigenvalue weighted by Crippen LogP contribution is 2.25. The zero-order chi connectivity index (χ0) is 11.5. The van der Waals surface area contributed by atoms with Gasteiger partial charge in [-0.2, -0.15) is 9.98 Å². The molecule has 0 aliphatic heterocycles. The van der Waals surface area contributed by atoms with Crippen molar-refractivity contribution in [3.05, 3.63) is 15.9 Å². The molecule has 0 aromatic carbocycles. The van der Waals surface area contributed by atoms with Crippen LogP contribution < -0.4 is 4.72 Å². The Labute approximate surface area is 101 Å². The van der Waals surface area contributed by atoms with Gasteiger partial charge in [0, 0.05) is 0 Å². The number of nitrogens with one attached hydrogen (secondary N) is 1. The molecule has 0 bridgehead atoms. The van der Waals surface area contributed by atoms with Crippen molar-refractivity contribution in [2.75, 3.05) is 0 Å². The maximum absolute atomic E-state index is 11.7. The van der Waals surface area contributed by atoms with Crippen LogP contribution in [0.2, 0.25) is 0 Å². The molecule has 1 aromatic rings. The smallest absolute Gasteiger partial charge is 0.206 e. The first-order chi connectivity index (χ1) is 6.99. The van der Waals surface area contributed by atoms with E-state index in [-0.39, 0.29) is 4.21 Å². The van der Waals surface area contributed by atoms with Gasteiger partial charge in [0.25, 0.3) is 10.0 Å². The number of hydrogen-bond acceptors (Lipinski definition) is 4. The molecule has 1 aromatic heterocycles. The van der Waals surface area contributed by atoms with E-state index in [1.165, 1.54) is 6.07 Å². The Hall–Kier alpha value is -0.420. The maximum Gasteiger partial charge on any atom is 0.251 e. The molecule has 0 radical (unpaired) electrons. The van der Waals surface area contributed by atoms with Crippen LogP contribution in [0.1, 0.15) is 13.3 Å². The zero-order valence-electron chi connectivity index (χ0n) is 7.90. The van der Waals surface area contributed by atoms with Crippen molar-refractivity contribution in [2.45, 2.75) is 23.6 Å². The predicted molar refractivity (Wildman–Crippen MR) is 62.0 cm³/mol. The molecule has 0 aliphatic carbocycles. The second-order valence-corrected chi connectivity index (χ2v) is 7.17. The first-order valence-corrected chi connectivity index (χ1v) is 7.26. The quantitative estimate of drug-likeness (QED) is 0.926. The summed E-state index contributed by atoms with van der Waals surface area (Å²) in [6.45, 7) is 1.75. The average molecular weight is 309 g/mol. The molecule has 1 N–H and O–H groups in total. The molecule has 0 saturated carbocycles. The number of thiophene rings is 1. The fraction of sp³-hybridized carbons (Fsp3) is 0.375. The summed E-state index contributed by atoms with van der Waals surface area (Å²) in [7, 11) is -3.55. The van der Waals surface area contributed by atoms with Gasteiger partial charge in [0.05, 0.1) is 9.86 Å². The van der Waals surface area contributed by atoms with E-state index in [1.54, 1.807) is 13.0 Å². The van der Waals surface area contributed by atoms with Gasteiger partial charge in [-0.25, -0.2) is 8.42 Å². The van der Waals surface area contributed by atoms with Gasteiger partial charge in [-0.1, -0.05) is 6.92 Å². The van der Waals surface area contributed by atoms with Crippen molar-refractivity contribution < 1.29 is 8.42 Å². The highest BCUT2D eigenvalue weighted by molar-refractivity contribution is 9.11. The monoisotopic (exact) mass is 308 g/mol. The van der Waals surface area contributed by atoms with E-state index in [1.807, 2.05) is 6.07 Å². The Bertz CT molecular complexity index is 475. The van der Waals surface area contributed by atoms with E-state index in [0.717, 1.165) is 15.1 Å². The molecule has 1 heterocycles. The van der Waals surface area contributed by atoms with Crippen LogP contribution in [-0.2, 0) is 10.0 Å². The first kappa shape index (κ1) is 12.6. The Morgan fingerprint density at radius 1 is 1.67 bits per heavy atom. The predicted octanol–water partition coefficient (Wildman–Crippen LogP) is 2.09. The summed E-state index contributed by atoms with van der Waals surface area (Å²) in [5.41, 5.74) is 0. The van der Waals surface area contributed by atoms with Gasteiger partial charge in [-0.05, 0) is 34.5 Å². The summed E-state index contributed by atoms with van der Waals surface area (Å²) >= 11 is 4.30. The minimum atomic E-state index is -3.55. The zero-order valence-corrected chi connectivity index (χ0v) is 11.1. The first-order valence-electron chi connectivity index (χ1n) is 4.17. The Balaban J connectivity index is 2.90. The topological polar surface area (TPSA) is 70.0 Å². The van der Waals surface area contributed by atoms with Crippen molar-refractivity contribution in [1.29, 1.82) is 5.26 Å². The minimum absolute atomic E-state index is 0.211. The number of nitrogens with zero attached hydrogens (tertiary/aromatic N) is 1. The van der Waals surface area contributed by atoms with Gasteiger partial charge in [-0.3, -0.25) is 0 Å². The Morgan fingerprint density at radius 2 is 2.33 bits per heavy atom. The molecule has 1 rings (SSSR count). The van der Waals surface area contributed by atoms with E-state index in [0.29, 0.717) is 6.42 Å². The third kappa shape index (κ3) is 3.28. The lowest BCUT2D eigenvalue weighted by Gasteiger charge is -2.07. The van der Waals surface area contributed by atoms with Crippen LogP contribution in [0.3, 0.4) is 0 Å². The normalized spacial score (nSPS) is 13.4. The van der Waals surface area contributed by atoms with E-state index >= 15 is 0 Å². The molecule has 1 unspecified atom stereocenters. The largest absolute Gasteiger partial charge is 0.251 e. The number of halogens is 1. The number of sulfonamides is 1. The fourth-order valence-corrected chi connectivity index (χ4v) is 4.14. The second kappa shape index (κ2) is 5.07. The van der Waals surface area contributed by atoms with Crippen LogP contribution in [0, 0.1) is 11.3 Å². The standard InChI is InChI=1S/C8H9BrN2O2S2/c1-2-6(5-10)11-15(12,13)8-4-3-7(9)14-8/h3-4,6,11H,2H2,1H3. The SMILES string of the molecule is CCC(C#N)NS(=O)(=O)c1ccc(Br)s1. The molecule has 0 saturated heterocycles.